The summed E-state index contributed by atoms with van der Waals surface area (Å²) in [6, 6.07) is 17.9. The van der Waals surface area contributed by atoms with Crippen LogP contribution < -0.4 is 10.1 Å². The highest BCUT2D eigenvalue weighted by Crippen LogP contribution is 2.32. The van der Waals surface area contributed by atoms with Gasteiger partial charge in [0, 0.05) is 23.9 Å². The summed E-state index contributed by atoms with van der Waals surface area (Å²) in [4.78, 5) is 12.0. The van der Waals surface area contributed by atoms with Crippen LogP contribution in [-0.2, 0) is 4.79 Å². The Hall–Kier alpha value is -2.55. The van der Waals surface area contributed by atoms with Crippen LogP contribution in [-0.4, -0.2) is 12.9 Å². The molecule has 3 nitrogen and oxygen atoms in total. The highest BCUT2D eigenvalue weighted by atomic mass is 16.5. The molecule has 1 atom stereocenters. The minimum Gasteiger partial charge on any atom is -0.497 e. The molecule has 3 heteroatoms. The van der Waals surface area contributed by atoms with Gasteiger partial charge in [0.15, 0.2) is 5.78 Å². The Balaban J connectivity index is 1.75. The number of nitrogens with one attached hydrogen (secondary N) is 1. The summed E-state index contributed by atoms with van der Waals surface area (Å²) in [6.07, 6.45) is 3.13. The highest BCUT2D eigenvalue weighted by Gasteiger charge is 2.22. The van der Waals surface area contributed by atoms with Crippen molar-refractivity contribution in [3.05, 3.63) is 71.9 Å². The number of carbonyl (C=O) groups is 1. The molecule has 0 amide bonds. The lowest BCUT2D eigenvalue weighted by Crippen LogP contribution is -2.16. The summed E-state index contributed by atoms with van der Waals surface area (Å²) in [5, 5.41) is 3.35. The average Bonchev–Trinajstić information content (AvgIpc) is 2.55. The van der Waals surface area contributed by atoms with Crippen molar-refractivity contribution in [2.45, 2.75) is 18.8 Å². The number of hydrogen-bond acceptors (Lipinski definition) is 3. The summed E-state index contributed by atoms with van der Waals surface area (Å²) in [5.41, 5.74) is 3.16. The number of hydrogen-bond donors (Lipinski definition) is 1. The fraction of sp³-hybridized carbons (Fsp3) is 0.211. The first kappa shape index (κ1) is 14.4. The molecule has 1 N–H and O–H groups in total. The van der Waals surface area contributed by atoms with Crippen molar-refractivity contribution in [2.24, 2.45) is 0 Å². The van der Waals surface area contributed by atoms with Gasteiger partial charge in [0.05, 0.1) is 7.11 Å². The Morgan fingerprint density at radius 1 is 1.00 bits per heavy atom. The SMILES string of the molecule is COc1ccc([C@H]2CC(=O)C=C(Nc3ccccc3)C2)cc1. The highest BCUT2D eigenvalue weighted by molar-refractivity contribution is 5.92. The summed E-state index contributed by atoms with van der Waals surface area (Å²) in [7, 11) is 1.66. The minimum atomic E-state index is 0.172. The molecule has 22 heavy (non-hydrogen) atoms. The number of benzene rings is 2. The first-order valence-electron chi connectivity index (χ1n) is 7.44. The van der Waals surface area contributed by atoms with Crippen molar-refractivity contribution >= 4 is 11.5 Å². The second-order valence-electron chi connectivity index (χ2n) is 5.51. The van der Waals surface area contributed by atoms with Gasteiger partial charge >= 0.3 is 0 Å². The van der Waals surface area contributed by atoms with E-state index in [4.69, 9.17) is 4.74 Å². The first-order chi connectivity index (χ1) is 10.7. The van der Waals surface area contributed by atoms with E-state index < -0.39 is 0 Å². The van der Waals surface area contributed by atoms with Gasteiger partial charge in [0.25, 0.3) is 0 Å². The predicted octanol–water partition coefficient (Wildman–Crippen LogP) is 4.14. The Bertz CT molecular complexity index is 674. The average molecular weight is 293 g/mol. The fourth-order valence-electron chi connectivity index (χ4n) is 2.80. The molecular formula is C19H19NO2. The van der Waals surface area contributed by atoms with Gasteiger partial charge in [-0.25, -0.2) is 0 Å². The topological polar surface area (TPSA) is 38.3 Å². The zero-order valence-electron chi connectivity index (χ0n) is 12.6. The maximum absolute atomic E-state index is 12.0. The van der Waals surface area contributed by atoms with E-state index in [1.807, 2.05) is 54.6 Å². The molecule has 2 aromatic rings. The van der Waals surface area contributed by atoms with Gasteiger partial charge in [0.2, 0.25) is 0 Å². The fourth-order valence-corrected chi connectivity index (χ4v) is 2.80. The minimum absolute atomic E-state index is 0.172. The number of anilines is 1. The quantitative estimate of drug-likeness (QED) is 0.920. The third-order valence-electron chi connectivity index (χ3n) is 3.92. The standard InChI is InChI=1S/C19H19NO2/c1-22-19-9-7-14(8-10-19)15-11-17(13-18(21)12-15)20-16-5-3-2-4-6-16/h2-10,13,15,20H,11-12H2,1H3/t15-/m1/s1. The van der Waals surface area contributed by atoms with Crippen molar-refractivity contribution in [2.75, 3.05) is 12.4 Å². The summed E-state index contributed by atoms with van der Waals surface area (Å²) < 4.78 is 5.19. The first-order valence-corrected chi connectivity index (χ1v) is 7.44. The molecule has 0 heterocycles. The molecule has 0 spiro atoms. The third-order valence-corrected chi connectivity index (χ3v) is 3.92. The van der Waals surface area contributed by atoms with Gasteiger partial charge in [-0.2, -0.15) is 0 Å². The van der Waals surface area contributed by atoms with Crippen molar-refractivity contribution in [3.8, 4) is 5.75 Å². The van der Waals surface area contributed by atoms with Crippen LogP contribution >= 0.6 is 0 Å². The van der Waals surface area contributed by atoms with Gasteiger partial charge in [-0.05, 0) is 42.2 Å². The summed E-state index contributed by atoms with van der Waals surface area (Å²) in [5.74, 6) is 1.23. The van der Waals surface area contributed by atoms with Gasteiger partial charge in [-0.15, -0.1) is 0 Å². The lowest BCUT2D eigenvalue weighted by molar-refractivity contribution is -0.115. The lowest BCUT2D eigenvalue weighted by Gasteiger charge is -2.23. The number of carbonyl (C=O) groups excluding carboxylic acids is 1. The molecule has 0 bridgehead atoms. The maximum Gasteiger partial charge on any atom is 0.158 e. The Morgan fingerprint density at radius 3 is 2.41 bits per heavy atom. The van der Waals surface area contributed by atoms with Crippen LogP contribution in [0.4, 0.5) is 5.69 Å². The van der Waals surface area contributed by atoms with E-state index in [1.165, 1.54) is 5.56 Å². The number of ketones is 1. The second-order valence-corrected chi connectivity index (χ2v) is 5.51. The van der Waals surface area contributed by atoms with E-state index in [-0.39, 0.29) is 11.7 Å². The summed E-state index contributed by atoms with van der Waals surface area (Å²) >= 11 is 0. The van der Waals surface area contributed by atoms with Crippen LogP contribution in [0.2, 0.25) is 0 Å². The molecule has 0 fully saturated rings. The van der Waals surface area contributed by atoms with E-state index in [0.29, 0.717) is 6.42 Å². The Labute approximate surface area is 130 Å². The number of rotatable bonds is 4. The lowest BCUT2D eigenvalue weighted by atomic mass is 9.85. The largest absolute Gasteiger partial charge is 0.497 e. The van der Waals surface area contributed by atoms with Gasteiger partial charge in [-0.1, -0.05) is 30.3 Å². The van der Waals surface area contributed by atoms with Crippen molar-refractivity contribution in [3.63, 3.8) is 0 Å². The molecule has 0 unspecified atom stereocenters. The van der Waals surface area contributed by atoms with E-state index in [1.54, 1.807) is 13.2 Å². The van der Waals surface area contributed by atoms with E-state index in [9.17, 15) is 4.79 Å². The molecular weight excluding hydrogens is 274 g/mol. The molecule has 0 aromatic heterocycles. The molecule has 112 valence electrons. The van der Waals surface area contributed by atoms with Crippen LogP contribution in [0, 0.1) is 0 Å². The van der Waals surface area contributed by atoms with Gasteiger partial charge in [-0.3, -0.25) is 4.79 Å². The number of methoxy groups -OCH3 is 1. The van der Waals surface area contributed by atoms with Crippen LogP contribution in [0.15, 0.2) is 66.4 Å². The zero-order chi connectivity index (χ0) is 15.4. The number of allylic oxidation sites excluding steroid dienone is 2. The molecule has 0 saturated carbocycles. The van der Waals surface area contributed by atoms with E-state index in [0.717, 1.165) is 23.6 Å². The maximum atomic E-state index is 12.0. The molecule has 0 saturated heterocycles. The van der Waals surface area contributed by atoms with Crippen LogP contribution in [0.25, 0.3) is 0 Å². The van der Waals surface area contributed by atoms with Crippen LogP contribution in [0.5, 0.6) is 5.75 Å². The monoisotopic (exact) mass is 293 g/mol. The molecule has 0 radical (unpaired) electrons. The smallest absolute Gasteiger partial charge is 0.158 e. The van der Waals surface area contributed by atoms with E-state index >= 15 is 0 Å². The van der Waals surface area contributed by atoms with Crippen molar-refractivity contribution in [1.82, 2.24) is 0 Å². The Morgan fingerprint density at radius 2 is 1.73 bits per heavy atom. The number of para-hydroxylation sites is 1. The van der Waals surface area contributed by atoms with Gasteiger partial charge < -0.3 is 10.1 Å². The predicted molar refractivity (Wildman–Crippen MR) is 88.1 cm³/mol. The summed E-state index contributed by atoms with van der Waals surface area (Å²) in [6.45, 7) is 0. The van der Waals surface area contributed by atoms with E-state index in [2.05, 4.69) is 5.32 Å². The zero-order valence-corrected chi connectivity index (χ0v) is 12.6. The molecule has 3 rings (SSSR count). The van der Waals surface area contributed by atoms with Crippen LogP contribution in [0.3, 0.4) is 0 Å². The molecule has 0 aliphatic heterocycles. The van der Waals surface area contributed by atoms with Crippen LogP contribution in [0.1, 0.15) is 24.3 Å². The Kier molecular flexibility index (Phi) is 4.24. The second kappa shape index (κ2) is 6.48. The third kappa shape index (κ3) is 3.37. The normalized spacial score (nSPS) is 17.8. The molecule has 1 aliphatic carbocycles. The molecule has 2 aromatic carbocycles. The van der Waals surface area contributed by atoms with Crippen molar-refractivity contribution < 1.29 is 9.53 Å². The van der Waals surface area contributed by atoms with Gasteiger partial charge in [0.1, 0.15) is 5.75 Å². The van der Waals surface area contributed by atoms with Crippen molar-refractivity contribution in [1.29, 1.82) is 0 Å². The number of ether oxygens (including phenoxy) is 1. The molecule has 1 aliphatic rings.